The van der Waals surface area contributed by atoms with Crippen LogP contribution in [0.2, 0.25) is 0 Å². The molecule has 1 N–H and O–H groups in total. The summed E-state index contributed by atoms with van der Waals surface area (Å²) in [6, 6.07) is 5.69. The summed E-state index contributed by atoms with van der Waals surface area (Å²) in [5.41, 5.74) is 1.73. The monoisotopic (exact) mass is 478 g/mol. The molecule has 7 nitrogen and oxygen atoms in total. The molecule has 3 heterocycles. The SMILES string of the molecule is Cc1n[nH]c(C(=O)N2CCC[C@H]([C@@]34CC[C@@H](c5cc(-c6c(F)cccc6F)nnc53)C4(C)C)C2)n1. The number of amides is 1. The van der Waals surface area contributed by atoms with Crippen LogP contribution >= 0.6 is 0 Å². The number of nitrogens with one attached hydrogen (secondary N) is 1. The van der Waals surface area contributed by atoms with Crippen LogP contribution in [-0.4, -0.2) is 49.3 Å². The van der Waals surface area contributed by atoms with Crippen molar-refractivity contribution >= 4 is 5.91 Å². The minimum absolute atomic E-state index is 0.115. The molecule has 2 fully saturated rings. The first-order valence-corrected chi connectivity index (χ1v) is 12.2. The lowest BCUT2D eigenvalue weighted by molar-refractivity contribution is 0.0415. The smallest absolute Gasteiger partial charge is 0.291 e. The number of aromatic nitrogens is 5. The molecule has 1 aliphatic heterocycles. The van der Waals surface area contributed by atoms with Crippen LogP contribution in [0.25, 0.3) is 11.3 Å². The number of piperidine rings is 1. The van der Waals surface area contributed by atoms with Gasteiger partial charge in [-0.1, -0.05) is 19.9 Å². The van der Waals surface area contributed by atoms with E-state index in [1.165, 1.54) is 18.2 Å². The zero-order chi connectivity index (χ0) is 24.5. The van der Waals surface area contributed by atoms with E-state index in [0.717, 1.165) is 36.9 Å². The van der Waals surface area contributed by atoms with Gasteiger partial charge in [0.15, 0.2) is 0 Å². The van der Waals surface area contributed by atoms with E-state index in [9.17, 15) is 13.6 Å². The molecular weight excluding hydrogens is 450 g/mol. The number of hydrogen-bond acceptors (Lipinski definition) is 5. The maximum Gasteiger partial charge on any atom is 0.291 e. The predicted octanol–water partition coefficient (Wildman–Crippen LogP) is 4.56. The number of rotatable bonds is 3. The number of fused-ring (bicyclic) bond motifs is 5. The highest BCUT2D eigenvalue weighted by Crippen LogP contribution is 2.70. The largest absolute Gasteiger partial charge is 0.336 e. The number of benzene rings is 1. The third-order valence-electron chi connectivity index (χ3n) is 8.89. The van der Waals surface area contributed by atoms with Gasteiger partial charge in [0.1, 0.15) is 17.5 Å². The summed E-state index contributed by atoms with van der Waals surface area (Å²) in [7, 11) is 0. The topological polar surface area (TPSA) is 87.7 Å². The maximum absolute atomic E-state index is 14.5. The van der Waals surface area contributed by atoms with Gasteiger partial charge in [-0.05, 0) is 73.6 Å². The van der Waals surface area contributed by atoms with Crippen LogP contribution in [0, 0.1) is 29.9 Å². The fourth-order valence-electron chi connectivity index (χ4n) is 7.30. The predicted molar refractivity (Wildman–Crippen MR) is 125 cm³/mol. The van der Waals surface area contributed by atoms with Gasteiger partial charge in [0.25, 0.3) is 5.91 Å². The van der Waals surface area contributed by atoms with E-state index in [1.807, 2.05) is 11.0 Å². The Morgan fingerprint density at radius 2 is 1.94 bits per heavy atom. The van der Waals surface area contributed by atoms with E-state index < -0.39 is 11.6 Å². The van der Waals surface area contributed by atoms with Crippen molar-refractivity contribution in [2.45, 2.75) is 57.8 Å². The van der Waals surface area contributed by atoms with E-state index in [0.29, 0.717) is 18.9 Å². The third kappa shape index (κ3) is 3.02. The molecule has 3 atom stereocenters. The zero-order valence-electron chi connectivity index (χ0n) is 20.1. The fraction of sp³-hybridized carbons (Fsp3) is 0.500. The minimum atomic E-state index is -0.638. The summed E-state index contributed by atoms with van der Waals surface area (Å²) in [6.07, 6.45) is 3.83. The van der Waals surface area contributed by atoms with Gasteiger partial charge in [0.05, 0.1) is 17.0 Å². The number of halogens is 2. The van der Waals surface area contributed by atoms with Crippen LogP contribution in [0.4, 0.5) is 8.78 Å². The summed E-state index contributed by atoms with van der Waals surface area (Å²) in [4.78, 5) is 19.2. The molecule has 1 aromatic carbocycles. The van der Waals surface area contributed by atoms with Crippen molar-refractivity contribution in [2.75, 3.05) is 13.1 Å². The van der Waals surface area contributed by atoms with Gasteiger partial charge in [-0.2, -0.15) is 15.3 Å². The van der Waals surface area contributed by atoms with Crippen LogP contribution < -0.4 is 0 Å². The number of aromatic amines is 1. The molecule has 1 amide bonds. The molecule has 2 aliphatic carbocycles. The summed E-state index contributed by atoms with van der Waals surface area (Å²) >= 11 is 0. The standard InChI is InChI=1S/C26H28F2N6O/c1-14-29-23(33-30-14)24(35)34-11-5-6-15(13-34)26-10-9-17(25(26,2)3)16-12-20(31-32-22(16)26)21-18(27)7-4-8-19(21)28/h4,7-8,12,15,17H,5-6,9-11,13H2,1-3H3,(H,29,30,33)/t15-,17-,26-/m0/s1. The summed E-state index contributed by atoms with van der Waals surface area (Å²) < 4.78 is 29.0. The molecule has 3 aromatic rings. The number of hydrogen-bond donors (Lipinski definition) is 1. The molecular formula is C26H28F2N6O. The summed E-state index contributed by atoms with van der Waals surface area (Å²) in [5.74, 6) is -0.162. The molecule has 2 aromatic heterocycles. The average molecular weight is 479 g/mol. The van der Waals surface area contributed by atoms with Crippen LogP contribution in [-0.2, 0) is 5.41 Å². The first kappa shape index (κ1) is 22.2. The van der Waals surface area contributed by atoms with Gasteiger partial charge in [-0.25, -0.2) is 13.8 Å². The quantitative estimate of drug-likeness (QED) is 0.597. The lowest BCUT2D eigenvalue weighted by Gasteiger charge is -2.48. The summed E-state index contributed by atoms with van der Waals surface area (Å²) in [5, 5.41) is 15.8. The van der Waals surface area contributed by atoms with Crippen LogP contribution in [0.15, 0.2) is 24.3 Å². The molecule has 3 aliphatic rings. The van der Waals surface area contributed by atoms with E-state index in [2.05, 4.69) is 39.2 Å². The second-order valence-corrected chi connectivity index (χ2v) is 10.7. The Bertz CT molecular complexity index is 1320. The number of likely N-dealkylation sites (tertiary alicyclic amines) is 1. The van der Waals surface area contributed by atoms with Gasteiger partial charge in [-0.15, -0.1) is 0 Å². The van der Waals surface area contributed by atoms with E-state index >= 15 is 0 Å². The third-order valence-corrected chi connectivity index (χ3v) is 8.89. The first-order chi connectivity index (χ1) is 16.7. The zero-order valence-corrected chi connectivity index (χ0v) is 20.1. The van der Waals surface area contributed by atoms with Crippen molar-refractivity contribution < 1.29 is 13.6 Å². The van der Waals surface area contributed by atoms with Crippen molar-refractivity contribution in [2.24, 2.45) is 11.3 Å². The van der Waals surface area contributed by atoms with Gasteiger partial charge in [0.2, 0.25) is 5.82 Å². The number of carbonyl (C=O) groups is 1. The van der Waals surface area contributed by atoms with Crippen LogP contribution in [0.3, 0.4) is 0 Å². The highest BCUT2D eigenvalue weighted by atomic mass is 19.1. The van der Waals surface area contributed by atoms with Gasteiger partial charge in [0, 0.05) is 18.5 Å². The van der Waals surface area contributed by atoms with E-state index in [-0.39, 0.29) is 45.7 Å². The van der Waals surface area contributed by atoms with Crippen molar-refractivity contribution in [1.82, 2.24) is 30.3 Å². The Morgan fingerprint density at radius 1 is 1.17 bits per heavy atom. The van der Waals surface area contributed by atoms with Crippen LogP contribution in [0.1, 0.15) is 73.1 Å². The number of aryl methyl sites for hydroxylation is 1. The minimum Gasteiger partial charge on any atom is -0.336 e. The van der Waals surface area contributed by atoms with Gasteiger partial charge < -0.3 is 4.90 Å². The normalized spacial score (nSPS) is 26.7. The van der Waals surface area contributed by atoms with Gasteiger partial charge in [-0.3, -0.25) is 9.89 Å². The molecule has 0 spiro atoms. The molecule has 2 bridgehead atoms. The van der Waals surface area contributed by atoms with Crippen molar-refractivity contribution in [3.63, 3.8) is 0 Å². The number of nitrogens with zero attached hydrogens (tertiary/aromatic N) is 5. The summed E-state index contributed by atoms with van der Waals surface area (Å²) in [6.45, 7) is 7.59. The highest BCUT2D eigenvalue weighted by Gasteiger charge is 2.66. The van der Waals surface area contributed by atoms with Crippen molar-refractivity contribution in [3.05, 3.63) is 58.8 Å². The molecule has 9 heteroatoms. The van der Waals surface area contributed by atoms with Crippen LogP contribution in [0.5, 0.6) is 0 Å². The Hall–Kier alpha value is -3.23. The molecule has 35 heavy (non-hydrogen) atoms. The van der Waals surface area contributed by atoms with Gasteiger partial charge >= 0.3 is 0 Å². The lowest BCUT2D eigenvalue weighted by atomic mass is 9.59. The Labute approximate surface area is 202 Å². The number of carbonyl (C=O) groups excluding carboxylic acids is 1. The second-order valence-electron chi connectivity index (χ2n) is 10.7. The average Bonchev–Trinajstić information content (AvgIpc) is 3.45. The second kappa shape index (κ2) is 7.63. The molecule has 1 saturated carbocycles. The Kier molecular flexibility index (Phi) is 4.85. The maximum atomic E-state index is 14.5. The van der Waals surface area contributed by atoms with Crippen molar-refractivity contribution in [3.8, 4) is 11.3 Å². The number of H-pyrrole nitrogens is 1. The lowest BCUT2D eigenvalue weighted by Crippen LogP contribution is -2.51. The fourth-order valence-corrected chi connectivity index (χ4v) is 7.30. The molecule has 182 valence electrons. The highest BCUT2D eigenvalue weighted by molar-refractivity contribution is 5.90. The molecule has 0 unspecified atom stereocenters. The Morgan fingerprint density at radius 3 is 2.66 bits per heavy atom. The Balaban J connectivity index is 1.39. The van der Waals surface area contributed by atoms with Crippen molar-refractivity contribution in [1.29, 1.82) is 0 Å². The molecule has 1 saturated heterocycles. The molecule has 6 rings (SSSR count). The van der Waals surface area contributed by atoms with E-state index in [1.54, 1.807) is 6.92 Å². The van der Waals surface area contributed by atoms with E-state index in [4.69, 9.17) is 0 Å². The molecule has 0 radical (unpaired) electrons. The first-order valence-electron chi connectivity index (χ1n) is 12.2.